The van der Waals surface area contributed by atoms with Crippen molar-refractivity contribution in [3.8, 4) is 17.7 Å². The Hall–Kier alpha value is -2.27. The van der Waals surface area contributed by atoms with Crippen LogP contribution < -0.4 is 44.8 Å². The number of ether oxygens (including phenoxy) is 2. The standard InChI is InChI=1S/C16H17N3O2.N3.Na/c1-20-15-13(7-8-17)10-19-16(14(15)9-18)21-11-12-5-3-2-4-6-12;1-3-2;/h2-6,10H,7-8,11,17H2,1H3;;/q;-1;+1. The molecule has 0 aliphatic carbocycles. The van der Waals surface area contributed by atoms with E-state index in [-0.39, 0.29) is 35.4 Å². The van der Waals surface area contributed by atoms with E-state index in [9.17, 15) is 5.26 Å². The van der Waals surface area contributed by atoms with E-state index >= 15 is 0 Å². The summed E-state index contributed by atoms with van der Waals surface area (Å²) in [4.78, 5) is 5.71. The molecular formula is C16H17N6NaO2. The first-order chi connectivity index (χ1) is 11.7. The zero-order chi connectivity index (χ0) is 17.8. The summed E-state index contributed by atoms with van der Waals surface area (Å²) in [6.07, 6.45) is 2.25. The number of benzene rings is 1. The summed E-state index contributed by atoms with van der Waals surface area (Å²) >= 11 is 0. The van der Waals surface area contributed by atoms with Crippen molar-refractivity contribution in [3.63, 3.8) is 0 Å². The Morgan fingerprint density at radius 3 is 2.44 bits per heavy atom. The van der Waals surface area contributed by atoms with E-state index in [1.165, 1.54) is 12.0 Å². The van der Waals surface area contributed by atoms with E-state index in [1.807, 2.05) is 30.3 Å². The number of nitrogens with zero attached hydrogens (tertiary/aromatic N) is 5. The number of pyridine rings is 1. The Kier molecular flexibility index (Phi) is 11.9. The molecule has 0 fully saturated rings. The van der Waals surface area contributed by atoms with Crippen LogP contribution in [0.3, 0.4) is 0 Å². The van der Waals surface area contributed by atoms with Crippen LogP contribution in [0.4, 0.5) is 0 Å². The van der Waals surface area contributed by atoms with Gasteiger partial charge in [0.2, 0.25) is 5.88 Å². The Morgan fingerprint density at radius 1 is 1.28 bits per heavy atom. The van der Waals surface area contributed by atoms with Crippen LogP contribution in [-0.2, 0) is 13.0 Å². The van der Waals surface area contributed by atoms with Crippen LogP contribution in [0.15, 0.2) is 36.5 Å². The summed E-state index contributed by atoms with van der Waals surface area (Å²) in [5.41, 5.74) is 21.2. The molecule has 9 heteroatoms. The predicted octanol–water partition coefficient (Wildman–Crippen LogP) is -0.0878. The minimum Gasteiger partial charge on any atom is -0.495 e. The molecule has 0 unspecified atom stereocenters. The zero-order valence-corrected chi connectivity index (χ0v) is 16.2. The average molecular weight is 348 g/mol. The molecule has 1 heterocycles. The molecule has 0 saturated heterocycles. The third-order valence-corrected chi connectivity index (χ3v) is 3.02. The van der Waals surface area contributed by atoms with Crippen molar-refractivity contribution in [2.75, 3.05) is 13.7 Å². The fourth-order valence-corrected chi connectivity index (χ4v) is 2.02. The molecule has 0 aliphatic heterocycles. The number of aromatic nitrogens is 1. The van der Waals surface area contributed by atoms with E-state index in [4.69, 9.17) is 26.3 Å². The Bertz CT molecular complexity index is 727. The molecule has 0 saturated carbocycles. The van der Waals surface area contributed by atoms with Crippen LogP contribution in [0, 0.1) is 11.3 Å². The van der Waals surface area contributed by atoms with Gasteiger partial charge in [-0.05, 0) is 18.5 Å². The second-order valence-electron chi connectivity index (χ2n) is 4.51. The van der Waals surface area contributed by atoms with Crippen molar-refractivity contribution >= 4 is 0 Å². The van der Waals surface area contributed by atoms with Crippen molar-refractivity contribution in [2.45, 2.75) is 13.0 Å². The number of methoxy groups -OCH3 is 1. The van der Waals surface area contributed by atoms with Crippen LogP contribution in [0.25, 0.3) is 16.0 Å². The fourth-order valence-electron chi connectivity index (χ4n) is 2.02. The Balaban J connectivity index is 0.00000134. The smallest absolute Gasteiger partial charge is 0.495 e. The SMILES string of the molecule is COc1c(CCN)cnc(OCc2ccccc2)c1C#N.[N-]=[N+]=[N-].[Na+]. The van der Waals surface area contributed by atoms with Crippen LogP contribution in [0.1, 0.15) is 16.7 Å². The summed E-state index contributed by atoms with van der Waals surface area (Å²) in [6, 6.07) is 11.8. The minimum atomic E-state index is 0. The van der Waals surface area contributed by atoms with Gasteiger partial charge in [0.05, 0.1) is 7.11 Å². The molecule has 0 spiro atoms. The molecular weight excluding hydrogens is 331 g/mol. The molecule has 2 aromatic rings. The van der Waals surface area contributed by atoms with Crippen molar-refractivity contribution < 1.29 is 39.0 Å². The monoisotopic (exact) mass is 348 g/mol. The molecule has 25 heavy (non-hydrogen) atoms. The van der Waals surface area contributed by atoms with Crippen LogP contribution in [-0.4, -0.2) is 18.6 Å². The molecule has 124 valence electrons. The van der Waals surface area contributed by atoms with Gasteiger partial charge >= 0.3 is 29.6 Å². The van der Waals surface area contributed by atoms with Gasteiger partial charge in [-0.1, -0.05) is 30.3 Å². The number of rotatable bonds is 6. The first kappa shape index (κ1) is 22.7. The molecule has 0 radical (unpaired) electrons. The number of hydrogen-bond donors (Lipinski definition) is 1. The van der Waals surface area contributed by atoms with Crippen molar-refractivity contribution in [3.05, 3.63) is 69.2 Å². The Labute approximate surface area is 168 Å². The molecule has 0 aliphatic rings. The number of nitrogens with two attached hydrogens (primary N) is 1. The second-order valence-corrected chi connectivity index (χ2v) is 4.51. The first-order valence-electron chi connectivity index (χ1n) is 7.03. The van der Waals surface area contributed by atoms with Crippen LogP contribution in [0.2, 0.25) is 0 Å². The molecule has 0 atom stereocenters. The Morgan fingerprint density at radius 2 is 1.92 bits per heavy atom. The maximum atomic E-state index is 9.34. The van der Waals surface area contributed by atoms with Crippen molar-refractivity contribution in [2.24, 2.45) is 5.73 Å². The topological polar surface area (TPSA) is 140 Å². The maximum Gasteiger partial charge on any atom is 1.00 e. The average Bonchev–Trinajstić information content (AvgIpc) is 2.61. The largest absolute Gasteiger partial charge is 1.00 e. The summed E-state index contributed by atoms with van der Waals surface area (Å²) in [5.74, 6) is 0.764. The number of hydrogen-bond acceptors (Lipinski definition) is 5. The second kappa shape index (κ2) is 13.1. The molecule has 2 rings (SSSR count). The zero-order valence-electron chi connectivity index (χ0n) is 14.2. The van der Waals surface area contributed by atoms with Gasteiger partial charge in [0, 0.05) is 11.8 Å². The van der Waals surface area contributed by atoms with Gasteiger partial charge in [-0.25, -0.2) is 4.98 Å². The van der Waals surface area contributed by atoms with Gasteiger partial charge in [0.1, 0.15) is 18.4 Å². The van der Waals surface area contributed by atoms with Crippen molar-refractivity contribution in [1.82, 2.24) is 4.98 Å². The quantitative estimate of drug-likeness (QED) is 0.336. The van der Waals surface area contributed by atoms with Gasteiger partial charge in [0.25, 0.3) is 0 Å². The fraction of sp³-hybridized carbons (Fsp3) is 0.250. The van der Waals surface area contributed by atoms with E-state index in [0.717, 1.165) is 11.1 Å². The van der Waals surface area contributed by atoms with Crippen LogP contribution in [0.5, 0.6) is 11.6 Å². The summed E-state index contributed by atoms with van der Waals surface area (Å²) in [6.45, 7) is 0.815. The van der Waals surface area contributed by atoms with Gasteiger partial charge in [0.15, 0.2) is 5.56 Å². The summed E-state index contributed by atoms with van der Waals surface area (Å²) < 4.78 is 11.0. The normalized spacial score (nSPS) is 8.68. The van der Waals surface area contributed by atoms with E-state index < -0.39 is 0 Å². The van der Waals surface area contributed by atoms with Crippen molar-refractivity contribution in [1.29, 1.82) is 5.26 Å². The molecule has 0 bridgehead atoms. The predicted molar refractivity (Wildman–Crippen MR) is 89.1 cm³/mol. The van der Waals surface area contributed by atoms with Gasteiger partial charge in [-0.2, -0.15) is 5.26 Å². The van der Waals surface area contributed by atoms with Gasteiger partial charge in [-0.3, -0.25) is 4.91 Å². The third kappa shape index (κ3) is 7.01. The van der Waals surface area contributed by atoms with Gasteiger partial charge in [-0.15, -0.1) is 0 Å². The summed E-state index contributed by atoms with van der Waals surface area (Å²) in [5, 5.41) is 9.34. The minimum absolute atomic E-state index is 0. The van der Waals surface area contributed by atoms with E-state index in [2.05, 4.69) is 11.1 Å². The van der Waals surface area contributed by atoms with E-state index in [0.29, 0.717) is 30.9 Å². The molecule has 2 N–H and O–H groups in total. The van der Waals surface area contributed by atoms with Gasteiger partial charge < -0.3 is 26.3 Å². The molecule has 0 amide bonds. The first-order valence-corrected chi connectivity index (χ1v) is 7.03. The maximum absolute atomic E-state index is 9.34. The van der Waals surface area contributed by atoms with E-state index in [1.54, 1.807) is 6.20 Å². The third-order valence-electron chi connectivity index (χ3n) is 3.02. The molecule has 1 aromatic carbocycles. The summed E-state index contributed by atoms with van der Waals surface area (Å²) in [7, 11) is 1.52. The van der Waals surface area contributed by atoms with Crippen LogP contribution >= 0.6 is 0 Å². The molecule has 1 aromatic heterocycles. The number of nitriles is 1. The molecule has 8 nitrogen and oxygen atoms in total.